The van der Waals surface area contributed by atoms with E-state index in [4.69, 9.17) is 5.73 Å². The maximum Gasteiger partial charge on any atom is 0.239 e. The Labute approximate surface area is 150 Å². The van der Waals surface area contributed by atoms with Crippen molar-refractivity contribution in [2.75, 3.05) is 13.1 Å². The minimum absolute atomic E-state index is 0. The fraction of sp³-hybridized carbons (Fsp3) is 0.556. The van der Waals surface area contributed by atoms with E-state index in [0.717, 1.165) is 12.0 Å². The van der Waals surface area contributed by atoms with Crippen LogP contribution in [-0.2, 0) is 9.59 Å². The van der Waals surface area contributed by atoms with Crippen molar-refractivity contribution in [3.63, 3.8) is 0 Å². The summed E-state index contributed by atoms with van der Waals surface area (Å²) in [6.07, 6.45) is 6.51. The summed E-state index contributed by atoms with van der Waals surface area (Å²) < 4.78 is 0. The molecule has 1 atom stereocenters. The average Bonchev–Trinajstić information content (AvgIpc) is 3.10. The van der Waals surface area contributed by atoms with Crippen LogP contribution in [0.25, 0.3) is 0 Å². The Kier molecular flexibility index (Phi) is 9.42. The molecule has 1 aliphatic rings. The molecule has 6 heteroatoms. The summed E-state index contributed by atoms with van der Waals surface area (Å²) in [6, 6.07) is 9.39. The van der Waals surface area contributed by atoms with Crippen LogP contribution in [-0.4, -0.2) is 24.9 Å². The van der Waals surface area contributed by atoms with Crippen molar-refractivity contribution < 1.29 is 9.59 Å². The molecule has 1 fully saturated rings. The molecule has 1 saturated carbocycles. The highest BCUT2D eigenvalue weighted by Crippen LogP contribution is 2.28. The molecule has 1 aromatic carbocycles. The minimum Gasteiger partial charge on any atom is -0.353 e. The Morgan fingerprint density at radius 2 is 1.75 bits per heavy atom. The van der Waals surface area contributed by atoms with E-state index in [1.165, 1.54) is 25.7 Å². The summed E-state index contributed by atoms with van der Waals surface area (Å²) in [5.41, 5.74) is 6.99. The van der Waals surface area contributed by atoms with Crippen LogP contribution >= 0.6 is 12.4 Å². The van der Waals surface area contributed by atoms with Gasteiger partial charge in [-0.05, 0) is 17.9 Å². The van der Waals surface area contributed by atoms with E-state index in [1.54, 1.807) is 0 Å². The van der Waals surface area contributed by atoms with Gasteiger partial charge in [0.05, 0.1) is 6.54 Å². The smallest absolute Gasteiger partial charge is 0.239 e. The first kappa shape index (κ1) is 20.5. The van der Waals surface area contributed by atoms with E-state index in [-0.39, 0.29) is 36.8 Å². The third kappa shape index (κ3) is 7.32. The number of hydrogen-bond acceptors (Lipinski definition) is 3. The molecule has 0 heterocycles. The molecule has 1 aromatic rings. The zero-order valence-electron chi connectivity index (χ0n) is 14.0. The first-order chi connectivity index (χ1) is 11.1. The fourth-order valence-electron chi connectivity index (χ4n) is 3.01. The van der Waals surface area contributed by atoms with Gasteiger partial charge in [0, 0.05) is 19.0 Å². The SMILES string of the molecule is Cl.NC(CNC(=O)CNC(=O)CCC1CCCC1)c1ccccc1. The van der Waals surface area contributed by atoms with E-state index in [2.05, 4.69) is 10.6 Å². The van der Waals surface area contributed by atoms with Crippen LogP contribution in [0.4, 0.5) is 0 Å². The standard InChI is InChI=1S/C18H27N3O2.ClH/c19-16(15-8-2-1-3-9-15)12-20-18(23)13-21-17(22)11-10-14-6-4-5-7-14;/h1-3,8-9,14,16H,4-7,10-13,19H2,(H,20,23)(H,21,22);1H. The van der Waals surface area contributed by atoms with Crippen LogP contribution < -0.4 is 16.4 Å². The molecular weight excluding hydrogens is 326 g/mol. The van der Waals surface area contributed by atoms with Gasteiger partial charge in [0.25, 0.3) is 0 Å². The normalized spacial score (nSPS) is 15.4. The summed E-state index contributed by atoms with van der Waals surface area (Å²) in [7, 11) is 0. The third-order valence-electron chi connectivity index (χ3n) is 4.45. The highest BCUT2D eigenvalue weighted by molar-refractivity contribution is 5.85. The quantitative estimate of drug-likeness (QED) is 0.670. The van der Waals surface area contributed by atoms with Gasteiger partial charge in [0.1, 0.15) is 0 Å². The molecule has 0 saturated heterocycles. The molecule has 0 spiro atoms. The maximum atomic E-state index is 11.8. The monoisotopic (exact) mass is 353 g/mol. The molecule has 24 heavy (non-hydrogen) atoms. The van der Waals surface area contributed by atoms with Crippen LogP contribution in [0.2, 0.25) is 0 Å². The summed E-state index contributed by atoms with van der Waals surface area (Å²) in [4.78, 5) is 23.5. The molecule has 0 aromatic heterocycles. The third-order valence-corrected chi connectivity index (χ3v) is 4.45. The molecule has 0 radical (unpaired) electrons. The van der Waals surface area contributed by atoms with E-state index in [1.807, 2.05) is 30.3 Å². The molecule has 0 bridgehead atoms. The van der Waals surface area contributed by atoms with E-state index < -0.39 is 0 Å². The molecule has 2 rings (SSSR count). The Hall–Kier alpha value is -1.59. The number of carbonyl (C=O) groups is 2. The van der Waals surface area contributed by atoms with E-state index in [0.29, 0.717) is 18.9 Å². The number of carbonyl (C=O) groups excluding carboxylic acids is 2. The second-order valence-corrected chi connectivity index (χ2v) is 6.29. The Bertz CT molecular complexity index is 504. The lowest BCUT2D eigenvalue weighted by atomic mass is 10.0. The first-order valence-electron chi connectivity index (χ1n) is 8.49. The number of benzene rings is 1. The topological polar surface area (TPSA) is 84.2 Å². The van der Waals surface area contributed by atoms with Crippen LogP contribution in [0, 0.1) is 5.92 Å². The molecule has 134 valence electrons. The van der Waals surface area contributed by atoms with Crippen molar-refractivity contribution >= 4 is 24.2 Å². The van der Waals surface area contributed by atoms with Gasteiger partial charge >= 0.3 is 0 Å². The number of nitrogens with two attached hydrogens (primary N) is 1. The van der Waals surface area contributed by atoms with Gasteiger partial charge in [-0.2, -0.15) is 0 Å². The number of hydrogen-bond donors (Lipinski definition) is 3. The van der Waals surface area contributed by atoms with Crippen LogP contribution in [0.15, 0.2) is 30.3 Å². The predicted molar refractivity (Wildman–Crippen MR) is 97.8 cm³/mol. The minimum atomic E-state index is -0.238. The maximum absolute atomic E-state index is 11.8. The number of amides is 2. The Morgan fingerprint density at radius 1 is 1.08 bits per heavy atom. The molecule has 2 amide bonds. The lowest BCUT2D eigenvalue weighted by Gasteiger charge is -2.13. The predicted octanol–water partition coefficient (Wildman–Crippen LogP) is 2.31. The number of halogens is 1. The van der Waals surface area contributed by atoms with Crippen molar-refractivity contribution in [1.82, 2.24) is 10.6 Å². The van der Waals surface area contributed by atoms with Crippen LogP contribution in [0.5, 0.6) is 0 Å². The highest BCUT2D eigenvalue weighted by Gasteiger charge is 2.16. The fourth-order valence-corrected chi connectivity index (χ4v) is 3.01. The van der Waals surface area contributed by atoms with Crippen molar-refractivity contribution in [1.29, 1.82) is 0 Å². The van der Waals surface area contributed by atoms with Gasteiger partial charge in [-0.25, -0.2) is 0 Å². The second-order valence-electron chi connectivity index (χ2n) is 6.29. The molecule has 5 nitrogen and oxygen atoms in total. The second kappa shape index (κ2) is 11.0. The molecule has 1 unspecified atom stereocenters. The molecule has 0 aliphatic heterocycles. The summed E-state index contributed by atoms with van der Waals surface area (Å²) >= 11 is 0. The van der Waals surface area contributed by atoms with Gasteiger partial charge in [0.2, 0.25) is 11.8 Å². The first-order valence-corrected chi connectivity index (χ1v) is 8.49. The van der Waals surface area contributed by atoms with Gasteiger partial charge in [0.15, 0.2) is 0 Å². The van der Waals surface area contributed by atoms with Gasteiger partial charge in [-0.1, -0.05) is 56.0 Å². The largest absolute Gasteiger partial charge is 0.353 e. The summed E-state index contributed by atoms with van der Waals surface area (Å²) in [5, 5.41) is 5.43. The van der Waals surface area contributed by atoms with E-state index in [9.17, 15) is 9.59 Å². The Balaban J connectivity index is 0.00000288. The molecular formula is C18H28ClN3O2. The molecule has 4 N–H and O–H groups in total. The average molecular weight is 354 g/mol. The van der Waals surface area contributed by atoms with E-state index >= 15 is 0 Å². The van der Waals surface area contributed by atoms with Gasteiger partial charge in [-0.3, -0.25) is 9.59 Å². The zero-order valence-corrected chi connectivity index (χ0v) is 14.8. The van der Waals surface area contributed by atoms with Crippen LogP contribution in [0.3, 0.4) is 0 Å². The van der Waals surface area contributed by atoms with Gasteiger partial charge < -0.3 is 16.4 Å². The molecule has 1 aliphatic carbocycles. The van der Waals surface area contributed by atoms with Crippen molar-refractivity contribution in [2.45, 2.75) is 44.6 Å². The van der Waals surface area contributed by atoms with Gasteiger partial charge in [-0.15, -0.1) is 12.4 Å². The summed E-state index contributed by atoms with van der Waals surface area (Å²) in [5.74, 6) is 0.448. The number of nitrogens with one attached hydrogen (secondary N) is 2. The number of rotatable bonds is 8. The van der Waals surface area contributed by atoms with Crippen LogP contribution in [0.1, 0.15) is 50.1 Å². The lowest BCUT2D eigenvalue weighted by Crippen LogP contribution is -2.39. The van der Waals surface area contributed by atoms with Crippen molar-refractivity contribution in [3.8, 4) is 0 Å². The van der Waals surface area contributed by atoms with Crippen molar-refractivity contribution in [3.05, 3.63) is 35.9 Å². The van der Waals surface area contributed by atoms with Crippen molar-refractivity contribution in [2.24, 2.45) is 11.7 Å². The Morgan fingerprint density at radius 3 is 2.42 bits per heavy atom. The lowest BCUT2D eigenvalue weighted by molar-refractivity contribution is -0.126. The summed E-state index contributed by atoms with van der Waals surface area (Å²) in [6.45, 7) is 0.381. The zero-order chi connectivity index (χ0) is 16.5. The highest BCUT2D eigenvalue weighted by atomic mass is 35.5.